The third kappa shape index (κ3) is 2.66. The Hall–Kier alpha value is -3.66. The van der Waals surface area contributed by atoms with Gasteiger partial charge in [-0.05, 0) is 101 Å². The topological polar surface area (TPSA) is 18.5 Å². The molecule has 0 radical (unpaired) electrons. The monoisotopic (exact) mass is 492 g/mol. The first-order valence-electron chi connectivity index (χ1n) is 13.5. The standard InChI is InChI=1S/C35H29BO2/c1-33(2)34(3,4)38-36(37-33)24-18-17-22-20-28-27-13-7-10-16-31(27)35(32(28)21-23(22)19-24)29-14-8-5-11-25(29)26-12-6-9-15-30(26)35/h5-21H,1-4H3. The lowest BCUT2D eigenvalue weighted by Gasteiger charge is -2.32. The molecule has 3 aliphatic rings. The minimum Gasteiger partial charge on any atom is -0.399 e. The van der Waals surface area contributed by atoms with E-state index in [9.17, 15) is 0 Å². The van der Waals surface area contributed by atoms with Crippen LogP contribution in [0.15, 0.2) is 103 Å². The van der Waals surface area contributed by atoms with Crippen LogP contribution in [0.4, 0.5) is 0 Å². The van der Waals surface area contributed by atoms with Crippen molar-refractivity contribution in [1.29, 1.82) is 0 Å². The fourth-order valence-electron chi connectivity index (χ4n) is 6.98. The molecule has 0 N–H and O–H groups in total. The first kappa shape index (κ1) is 22.3. The first-order valence-corrected chi connectivity index (χ1v) is 13.5. The van der Waals surface area contributed by atoms with E-state index in [-0.39, 0.29) is 23.7 Å². The second-order valence-corrected chi connectivity index (χ2v) is 12.0. The number of hydrogen-bond acceptors (Lipinski definition) is 2. The van der Waals surface area contributed by atoms with Crippen LogP contribution in [0, 0.1) is 0 Å². The Bertz CT molecular complexity index is 1740. The van der Waals surface area contributed by atoms with E-state index < -0.39 is 0 Å². The van der Waals surface area contributed by atoms with Crippen LogP contribution in [0.2, 0.25) is 0 Å². The van der Waals surface area contributed by atoms with Gasteiger partial charge in [0, 0.05) is 0 Å². The van der Waals surface area contributed by atoms with Gasteiger partial charge in [-0.15, -0.1) is 0 Å². The van der Waals surface area contributed by atoms with E-state index in [4.69, 9.17) is 9.31 Å². The Morgan fingerprint density at radius 2 is 0.974 bits per heavy atom. The Balaban J connectivity index is 1.40. The lowest BCUT2D eigenvalue weighted by Crippen LogP contribution is -2.41. The van der Waals surface area contributed by atoms with E-state index in [0.717, 1.165) is 5.46 Å². The van der Waals surface area contributed by atoms with Crippen LogP contribution in [0.5, 0.6) is 0 Å². The molecule has 2 nitrogen and oxygen atoms in total. The van der Waals surface area contributed by atoms with Crippen LogP contribution in [0.3, 0.4) is 0 Å². The Morgan fingerprint density at radius 1 is 0.474 bits per heavy atom. The molecule has 0 aromatic heterocycles. The molecule has 1 fully saturated rings. The van der Waals surface area contributed by atoms with Gasteiger partial charge in [-0.2, -0.15) is 0 Å². The summed E-state index contributed by atoms with van der Waals surface area (Å²) in [5.74, 6) is 0. The Morgan fingerprint density at radius 3 is 1.53 bits per heavy atom. The maximum atomic E-state index is 6.41. The molecule has 0 bridgehead atoms. The van der Waals surface area contributed by atoms with Gasteiger partial charge in [-0.25, -0.2) is 0 Å². The third-order valence-electron chi connectivity index (χ3n) is 9.50. The maximum Gasteiger partial charge on any atom is 0.494 e. The minimum atomic E-state index is -0.378. The van der Waals surface area contributed by atoms with E-state index in [0.29, 0.717) is 0 Å². The highest BCUT2D eigenvalue weighted by molar-refractivity contribution is 6.62. The molecule has 5 aromatic carbocycles. The van der Waals surface area contributed by atoms with Crippen molar-refractivity contribution in [2.75, 3.05) is 0 Å². The van der Waals surface area contributed by atoms with Crippen molar-refractivity contribution in [3.05, 3.63) is 125 Å². The zero-order chi connectivity index (χ0) is 25.9. The van der Waals surface area contributed by atoms with Crippen LogP contribution in [-0.2, 0) is 14.7 Å². The van der Waals surface area contributed by atoms with Gasteiger partial charge in [0.25, 0.3) is 0 Å². The molecule has 2 aliphatic carbocycles. The molecule has 38 heavy (non-hydrogen) atoms. The average molecular weight is 492 g/mol. The Labute approximate surface area is 224 Å². The summed E-state index contributed by atoms with van der Waals surface area (Å²) in [4.78, 5) is 0. The van der Waals surface area contributed by atoms with Gasteiger partial charge in [0.2, 0.25) is 0 Å². The largest absolute Gasteiger partial charge is 0.494 e. The van der Waals surface area contributed by atoms with Gasteiger partial charge in [0.1, 0.15) is 0 Å². The summed E-state index contributed by atoms with van der Waals surface area (Å²) in [7, 11) is -0.378. The lowest BCUT2D eigenvalue weighted by molar-refractivity contribution is 0.00578. The van der Waals surface area contributed by atoms with Crippen LogP contribution in [0.1, 0.15) is 49.9 Å². The SMILES string of the molecule is CC1(C)OB(c2ccc3cc4c(cc3c2)C2(c3ccccc3-c3ccccc32)c2ccccc2-4)OC1(C)C. The quantitative estimate of drug-likeness (QED) is 0.221. The van der Waals surface area contributed by atoms with Crippen molar-refractivity contribution >= 4 is 23.4 Å². The molecule has 1 aliphatic heterocycles. The molecule has 184 valence electrons. The molecule has 0 unspecified atom stereocenters. The fraction of sp³-hybridized carbons (Fsp3) is 0.200. The second kappa shape index (κ2) is 7.25. The van der Waals surface area contributed by atoms with E-state index in [1.165, 1.54) is 55.3 Å². The smallest absolute Gasteiger partial charge is 0.399 e. The van der Waals surface area contributed by atoms with Crippen molar-refractivity contribution < 1.29 is 9.31 Å². The van der Waals surface area contributed by atoms with Gasteiger partial charge in [-0.3, -0.25) is 0 Å². The van der Waals surface area contributed by atoms with Gasteiger partial charge in [0.05, 0.1) is 16.6 Å². The summed E-state index contributed by atoms with van der Waals surface area (Å²) in [6.45, 7) is 8.43. The van der Waals surface area contributed by atoms with Crippen LogP contribution in [0.25, 0.3) is 33.0 Å². The Kier molecular flexibility index (Phi) is 4.26. The maximum absolute atomic E-state index is 6.41. The molecule has 1 spiro atoms. The second-order valence-electron chi connectivity index (χ2n) is 12.0. The summed E-state index contributed by atoms with van der Waals surface area (Å²) >= 11 is 0. The molecule has 1 saturated heterocycles. The number of fused-ring (bicyclic) bond motifs is 11. The molecule has 8 rings (SSSR count). The lowest BCUT2D eigenvalue weighted by atomic mass is 9.70. The van der Waals surface area contributed by atoms with Gasteiger partial charge >= 0.3 is 7.12 Å². The molecule has 0 atom stereocenters. The molecular formula is C35H29BO2. The highest BCUT2D eigenvalue weighted by Crippen LogP contribution is 2.63. The summed E-state index contributed by atoms with van der Waals surface area (Å²) < 4.78 is 12.8. The molecule has 5 aromatic rings. The minimum absolute atomic E-state index is 0.326. The van der Waals surface area contributed by atoms with E-state index in [1.807, 2.05) is 0 Å². The molecule has 3 heteroatoms. The highest BCUT2D eigenvalue weighted by atomic mass is 16.7. The highest BCUT2D eigenvalue weighted by Gasteiger charge is 2.53. The van der Waals surface area contributed by atoms with E-state index >= 15 is 0 Å². The van der Waals surface area contributed by atoms with Crippen molar-refractivity contribution in [1.82, 2.24) is 0 Å². The molecule has 0 amide bonds. The predicted octanol–water partition coefficient (Wildman–Crippen LogP) is 7.48. The third-order valence-corrected chi connectivity index (χ3v) is 9.50. The van der Waals surface area contributed by atoms with Crippen LogP contribution < -0.4 is 5.46 Å². The zero-order valence-electron chi connectivity index (χ0n) is 22.2. The van der Waals surface area contributed by atoms with Crippen molar-refractivity contribution in [3.8, 4) is 22.3 Å². The molecular weight excluding hydrogens is 463 g/mol. The van der Waals surface area contributed by atoms with Gasteiger partial charge in [0.15, 0.2) is 0 Å². The van der Waals surface area contributed by atoms with E-state index in [1.54, 1.807) is 0 Å². The fourth-order valence-corrected chi connectivity index (χ4v) is 6.98. The van der Waals surface area contributed by atoms with Crippen molar-refractivity contribution in [2.24, 2.45) is 0 Å². The van der Waals surface area contributed by atoms with Crippen LogP contribution >= 0.6 is 0 Å². The number of hydrogen-bond donors (Lipinski definition) is 0. The zero-order valence-corrected chi connectivity index (χ0v) is 22.2. The molecule has 1 heterocycles. The summed E-state index contributed by atoms with van der Waals surface area (Å²) in [6.07, 6.45) is 0. The average Bonchev–Trinajstić information content (AvgIpc) is 3.46. The summed E-state index contributed by atoms with van der Waals surface area (Å²) in [5, 5.41) is 2.44. The molecule has 0 saturated carbocycles. The number of rotatable bonds is 1. The van der Waals surface area contributed by atoms with E-state index in [2.05, 4.69) is 131 Å². The summed E-state index contributed by atoms with van der Waals surface area (Å²) in [5.41, 5.74) is 10.8. The number of benzene rings is 5. The predicted molar refractivity (Wildman–Crippen MR) is 156 cm³/mol. The van der Waals surface area contributed by atoms with Crippen LogP contribution in [-0.4, -0.2) is 18.3 Å². The van der Waals surface area contributed by atoms with Gasteiger partial charge in [-0.1, -0.05) is 91.0 Å². The normalized spacial score (nSPS) is 18.9. The van der Waals surface area contributed by atoms with Crippen molar-refractivity contribution in [2.45, 2.75) is 44.3 Å². The van der Waals surface area contributed by atoms with Crippen molar-refractivity contribution in [3.63, 3.8) is 0 Å². The first-order chi connectivity index (χ1) is 18.3. The van der Waals surface area contributed by atoms with Gasteiger partial charge < -0.3 is 9.31 Å². The summed E-state index contributed by atoms with van der Waals surface area (Å²) in [6, 6.07) is 38.3.